The van der Waals surface area contributed by atoms with Crippen molar-refractivity contribution in [1.29, 1.82) is 0 Å². The monoisotopic (exact) mass is 487 g/mol. The van der Waals surface area contributed by atoms with Gasteiger partial charge in [-0.05, 0) is 37.0 Å². The first kappa shape index (κ1) is 20.8. The van der Waals surface area contributed by atoms with Crippen LogP contribution in [-0.2, 0) is 10.2 Å². The second-order valence-corrected chi connectivity index (χ2v) is 8.77. The van der Waals surface area contributed by atoms with Crippen molar-refractivity contribution >= 4 is 29.9 Å². The topological polar surface area (TPSA) is 45.7 Å². The molecule has 2 saturated carbocycles. The predicted molar refractivity (Wildman–Crippen MR) is 117 cm³/mol. The zero-order valence-electron chi connectivity index (χ0n) is 16.4. The van der Waals surface area contributed by atoms with Crippen LogP contribution in [0.15, 0.2) is 29.3 Å². The van der Waals surface area contributed by atoms with Crippen molar-refractivity contribution in [2.24, 2.45) is 16.3 Å². The Labute approximate surface area is 178 Å². The van der Waals surface area contributed by atoms with E-state index in [1.807, 2.05) is 13.1 Å². The fourth-order valence-corrected chi connectivity index (χ4v) is 5.11. The van der Waals surface area contributed by atoms with E-state index >= 15 is 0 Å². The lowest BCUT2D eigenvalue weighted by molar-refractivity contribution is -0.171. The van der Waals surface area contributed by atoms with Gasteiger partial charge < -0.3 is 15.4 Å². The standard InChI is InChI=1S/C21H30FN3O.HI/c1-20(2,14-6-4-7-15(22)12-14)13-24-19(23-3)25-17-16-8-11-26-18(16)21(17)9-5-10-21;/h4,6-7,12,16-18H,5,8-11,13H2,1-3H3,(H2,23,24,25);1H. The van der Waals surface area contributed by atoms with Crippen molar-refractivity contribution in [3.63, 3.8) is 0 Å². The number of nitrogens with one attached hydrogen (secondary N) is 2. The van der Waals surface area contributed by atoms with Gasteiger partial charge in [0.1, 0.15) is 5.82 Å². The van der Waals surface area contributed by atoms with Crippen LogP contribution in [0.3, 0.4) is 0 Å². The summed E-state index contributed by atoms with van der Waals surface area (Å²) in [7, 11) is 1.82. The maximum absolute atomic E-state index is 13.6. The number of ether oxygens (including phenoxy) is 1. The molecular weight excluding hydrogens is 456 g/mol. The lowest BCUT2D eigenvalue weighted by Crippen LogP contribution is -2.72. The molecule has 1 aromatic carbocycles. The van der Waals surface area contributed by atoms with E-state index in [1.165, 1.54) is 25.3 Å². The SMILES string of the molecule is CN=C(NCC(C)(C)c1cccc(F)c1)NC1C2CCOC2C12CCC2.I. The smallest absolute Gasteiger partial charge is 0.191 e. The Kier molecular flexibility index (Phi) is 6.06. The van der Waals surface area contributed by atoms with E-state index < -0.39 is 0 Å². The van der Waals surface area contributed by atoms with Gasteiger partial charge in [0.05, 0.1) is 6.10 Å². The molecule has 3 atom stereocenters. The summed E-state index contributed by atoms with van der Waals surface area (Å²) in [5, 5.41) is 7.16. The van der Waals surface area contributed by atoms with Gasteiger partial charge in [0.25, 0.3) is 0 Å². The van der Waals surface area contributed by atoms with Crippen LogP contribution in [0.4, 0.5) is 4.39 Å². The van der Waals surface area contributed by atoms with Crippen LogP contribution in [0, 0.1) is 17.2 Å². The first-order valence-corrected chi connectivity index (χ1v) is 9.81. The van der Waals surface area contributed by atoms with Crippen LogP contribution in [0.2, 0.25) is 0 Å². The number of benzene rings is 1. The van der Waals surface area contributed by atoms with Crippen LogP contribution in [-0.4, -0.2) is 38.3 Å². The summed E-state index contributed by atoms with van der Waals surface area (Å²) < 4.78 is 19.6. The molecule has 1 heterocycles. The molecule has 2 N–H and O–H groups in total. The summed E-state index contributed by atoms with van der Waals surface area (Å²) in [5.41, 5.74) is 1.13. The van der Waals surface area contributed by atoms with Crippen molar-refractivity contribution < 1.29 is 9.13 Å². The fourth-order valence-electron chi connectivity index (χ4n) is 5.11. The Bertz CT molecular complexity index is 704. The highest BCUT2D eigenvalue weighted by molar-refractivity contribution is 14.0. The van der Waals surface area contributed by atoms with Crippen LogP contribution >= 0.6 is 24.0 Å². The summed E-state index contributed by atoms with van der Waals surface area (Å²) in [6.07, 6.45) is 5.43. The third kappa shape index (κ3) is 3.59. The lowest BCUT2D eigenvalue weighted by Gasteiger charge is -2.63. The van der Waals surface area contributed by atoms with Crippen LogP contribution in [0.1, 0.15) is 45.1 Å². The van der Waals surface area contributed by atoms with Gasteiger partial charge in [0, 0.05) is 43.0 Å². The first-order chi connectivity index (χ1) is 12.5. The average Bonchev–Trinajstić information content (AvgIpc) is 2.99. The predicted octanol–water partition coefficient (Wildman–Crippen LogP) is 3.84. The molecule has 2 aliphatic carbocycles. The van der Waals surface area contributed by atoms with Crippen molar-refractivity contribution in [1.82, 2.24) is 10.6 Å². The van der Waals surface area contributed by atoms with Gasteiger partial charge in [0.2, 0.25) is 0 Å². The molecule has 4 nitrogen and oxygen atoms in total. The largest absolute Gasteiger partial charge is 0.377 e. The molecule has 1 aromatic rings. The van der Waals surface area contributed by atoms with E-state index in [9.17, 15) is 4.39 Å². The quantitative estimate of drug-likeness (QED) is 0.386. The molecule has 0 aromatic heterocycles. The molecule has 0 amide bonds. The van der Waals surface area contributed by atoms with Crippen LogP contribution in [0.25, 0.3) is 0 Å². The van der Waals surface area contributed by atoms with Crippen molar-refractivity contribution in [2.75, 3.05) is 20.2 Å². The number of nitrogens with zero attached hydrogens (tertiary/aromatic N) is 1. The number of halogens is 2. The average molecular weight is 487 g/mol. The first-order valence-electron chi connectivity index (χ1n) is 9.81. The van der Waals surface area contributed by atoms with E-state index in [4.69, 9.17) is 4.74 Å². The van der Waals surface area contributed by atoms with E-state index in [0.717, 1.165) is 24.6 Å². The van der Waals surface area contributed by atoms with Gasteiger partial charge in [-0.25, -0.2) is 4.39 Å². The molecular formula is C21H31FIN3O. The number of guanidine groups is 1. The minimum atomic E-state index is -0.188. The Morgan fingerprint density at radius 3 is 2.78 bits per heavy atom. The molecule has 1 saturated heterocycles. The summed E-state index contributed by atoms with van der Waals surface area (Å²) >= 11 is 0. The van der Waals surface area contributed by atoms with Gasteiger partial charge >= 0.3 is 0 Å². The number of hydrogen-bond acceptors (Lipinski definition) is 2. The molecule has 3 unspecified atom stereocenters. The van der Waals surface area contributed by atoms with Crippen LogP contribution in [0.5, 0.6) is 0 Å². The summed E-state index contributed by atoms with van der Waals surface area (Å²) in [6, 6.07) is 7.33. The maximum Gasteiger partial charge on any atom is 0.191 e. The minimum Gasteiger partial charge on any atom is -0.377 e. The fraction of sp³-hybridized carbons (Fsp3) is 0.667. The van der Waals surface area contributed by atoms with Gasteiger partial charge in [-0.15, -0.1) is 24.0 Å². The van der Waals surface area contributed by atoms with E-state index in [-0.39, 0.29) is 35.2 Å². The van der Waals surface area contributed by atoms with Crippen molar-refractivity contribution in [3.8, 4) is 0 Å². The van der Waals surface area contributed by atoms with Gasteiger partial charge in [0.15, 0.2) is 5.96 Å². The second kappa shape index (κ2) is 7.85. The zero-order valence-corrected chi connectivity index (χ0v) is 18.8. The summed E-state index contributed by atoms with van der Waals surface area (Å²) in [6.45, 7) is 5.84. The molecule has 27 heavy (non-hydrogen) atoms. The van der Waals surface area contributed by atoms with E-state index in [0.29, 0.717) is 30.0 Å². The maximum atomic E-state index is 13.6. The highest BCUT2D eigenvalue weighted by Gasteiger charge is 2.66. The van der Waals surface area contributed by atoms with Crippen molar-refractivity contribution in [2.45, 2.75) is 57.1 Å². The van der Waals surface area contributed by atoms with E-state index in [1.54, 1.807) is 12.1 Å². The highest BCUT2D eigenvalue weighted by Crippen LogP contribution is 2.62. The molecule has 0 radical (unpaired) electrons. The van der Waals surface area contributed by atoms with Crippen LogP contribution < -0.4 is 10.6 Å². The van der Waals surface area contributed by atoms with Crippen molar-refractivity contribution in [3.05, 3.63) is 35.6 Å². The molecule has 0 bridgehead atoms. The summed E-state index contributed by atoms with van der Waals surface area (Å²) in [4.78, 5) is 4.44. The number of fused-ring (bicyclic) bond motifs is 2. The Morgan fingerprint density at radius 2 is 2.15 bits per heavy atom. The summed E-state index contributed by atoms with van der Waals surface area (Å²) in [5.74, 6) is 1.27. The number of rotatable bonds is 4. The van der Waals surface area contributed by atoms with Gasteiger partial charge in [-0.3, -0.25) is 4.99 Å². The number of aliphatic imine (C=N–C) groups is 1. The molecule has 150 valence electrons. The molecule has 1 spiro atoms. The third-order valence-corrected chi connectivity index (χ3v) is 6.86. The zero-order chi connectivity index (χ0) is 18.4. The van der Waals surface area contributed by atoms with E-state index in [2.05, 4.69) is 29.5 Å². The van der Waals surface area contributed by atoms with Gasteiger partial charge in [-0.2, -0.15) is 0 Å². The second-order valence-electron chi connectivity index (χ2n) is 8.77. The molecule has 4 rings (SSSR count). The molecule has 1 aliphatic heterocycles. The third-order valence-electron chi connectivity index (χ3n) is 6.86. The molecule has 3 fully saturated rings. The Balaban J connectivity index is 0.00000210. The Morgan fingerprint density at radius 1 is 1.37 bits per heavy atom. The molecule has 6 heteroatoms. The van der Waals surface area contributed by atoms with Gasteiger partial charge in [-0.1, -0.05) is 32.4 Å². The normalized spacial score (nSPS) is 28.6. The Hall–Kier alpha value is -0.890. The lowest BCUT2D eigenvalue weighted by atomic mass is 9.46. The molecule has 3 aliphatic rings. The minimum absolute atomic E-state index is 0. The number of hydrogen-bond donors (Lipinski definition) is 2. The highest BCUT2D eigenvalue weighted by atomic mass is 127.